The molecule has 0 saturated carbocycles. The van der Waals surface area contributed by atoms with Crippen molar-refractivity contribution < 1.29 is 9.13 Å². The highest BCUT2D eigenvalue weighted by atomic mass is 35.5. The molecular weight excluding hydrogens is 311 g/mol. The number of thiazole rings is 1. The first-order chi connectivity index (χ1) is 10.1. The summed E-state index contributed by atoms with van der Waals surface area (Å²) in [6, 6.07) is 3.53. The molecule has 1 aromatic carbocycles. The molecule has 21 heavy (non-hydrogen) atoms. The van der Waals surface area contributed by atoms with Crippen LogP contribution in [0.5, 0.6) is 5.75 Å². The van der Waals surface area contributed by atoms with Gasteiger partial charge in [0.15, 0.2) is 5.82 Å². The van der Waals surface area contributed by atoms with Crippen LogP contribution in [0.15, 0.2) is 23.0 Å². The van der Waals surface area contributed by atoms with Gasteiger partial charge in [-0.3, -0.25) is 0 Å². The molecule has 1 N–H and O–H groups in total. The van der Waals surface area contributed by atoms with Crippen molar-refractivity contribution in [2.75, 3.05) is 0 Å². The summed E-state index contributed by atoms with van der Waals surface area (Å²) >= 11 is 7.56. The Morgan fingerprint density at radius 2 is 2.24 bits per heavy atom. The lowest BCUT2D eigenvalue weighted by molar-refractivity contribution is 0.301. The standard InChI is InChI=1S/C15H14ClFN2OS/c1-8(2)11-3-10-12(19-11)4-13(14(16)15(10)17)20-5-9-6-21-7-18-9/h3-4,6-8,19H,5H2,1-2H3. The molecule has 3 rings (SSSR count). The Kier molecular flexibility index (Phi) is 3.87. The van der Waals surface area contributed by atoms with Crippen molar-refractivity contribution in [3.05, 3.63) is 45.3 Å². The maximum absolute atomic E-state index is 14.4. The maximum atomic E-state index is 14.4. The predicted octanol–water partition coefficient (Wildman–Crippen LogP) is 5.12. The number of benzene rings is 1. The van der Waals surface area contributed by atoms with Crippen LogP contribution < -0.4 is 4.74 Å². The quantitative estimate of drug-likeness (QED) is 0.723. The van der Waals surface area contributed by atoms with E-state index in [2.05, 4.69) is 9.97 Å². The van der Waals surface area contributed by atoms with Crippen molar-refractivity contribution in [3.63, 3.8) is 0 Å². The molecule has 0 amide bonds. The van der Waals surface area contributed by atoms with Gasteiger partial charge in [-0.2, -0.15) is 0 Å². The van der Waals surface area contributed by atoms with E-state index in [1.54, 1.807) is 17.6 Å². The lowest BCUT2D eigenvalue weighted by Gasteiger charge is -2.08. The maximum Gasteiger partial charge on any atom is 0.154 e. The van der Waals surface area contributed by atoms with Crippen molar-refractivity contribution in [3.8, 4) is 5.75 Å². The van der Waals surface area contributed by atoms with Crippen LogP contribution in [-0.4, -0.2) is 9.97 Å². The summed E-state index contributed by atoms with van der Waals surface area (Å²) in [5.41, 5.74) is 4.18. The molecule has 0 fully saturated rings. The van der Waals surface area contributed by atoms with Crippen molar-refractivity contribution in [1.29, 1.82) is 0 Å². The minimum Gasteiger partial charge on any atom is -0.486 e. The van der Waals surface area contributed by atoms with Crippen LogP contribution in [0.1, 0.15) is 31.2 Å². The highest BCUT2D eigenvalue weighted by Crippen LogP contribution is 2.35. The summed E-state index contributed by atoms with van der Waals surface area (Å²) in [6.07, 6.45) is 0. The van der Waals surface area contributed by atoms with Crippen LogP contribution >= 0.6 is 22.9 Å². The van der Waals surface area contributed by atoms with Crippen LogP contribution in [0.4, 0.5) is 4.39 Å². The zero-order chi connectivity index (χ0) is 15.0. The number of nitrogens with zero attached hydrogens (tertiary/aromatic N) is 1. The molecule has 0 unspecified atom stereocenters. The van der Waals surface area contributed by atoms with E-state index in [1.165, 1.54) is 11.3 Å². The van der Waals surface area contributed by atoms with E-state index < -0.39 is 5.82 Å². The fraction of sp³-hybridized carbons (Fsp3) is 0.267. The van der Waals surface area contributed by atoms with E-state index >= 15 is 0 Å². The van der Waals surface area contributed by atoms with E-state index in [0.717, 1.165) is 11.4 Å². The third-order valence-corrected chi connectivity index (χ3v) is 4.26. The second-order valence-electron chi connectivity index (χ2n) is 5.11. The van der Waals surface area contributed by atoms with E-state index in [0.29, 0.717) is 16.7 Å². The van der Waals surface area contributed by atoms with E-state index in [1.807, 2.05) is 19.2 Å². The van der Waals surface area contributed by atoms with Crippen molar-refractivity contribution in [1.82, 2.24) is 9.97 Å². The van der Waals surface area contributed by atoms with Crippen LogP contribution in [-0.2, 0) is 6.61 Å². The zero-order valence-corrected chi connectivity index (χ0v) is 13.2. The Morgan fingerprint density at radius 1 is 1.43 bits per heavy atom. The Balaban J connectivity index is 1.96. The van der Waals surface area contributed by atoms with Gasteiger partial charge in [0.25, 0.3) is 0 Å². The normalized spacial score (nSPS) is 11.5. The van der Waals surface area contributed by atoms with Gasteiger partial charge in [0.2, 0.25) is 0 Å². The van der Waals surface area contributed by atoms with Gasteiger partial charge in [0, 0.05) is 22.5 Å². The minimum atomic E-state index is -0.453. The van der Waals surface area contributed by atoms with Gasteiger partial charge in [-0.15, -0.1) is 11.3 Å². The molecule has 0 radical (unpaired) electrons. The summed E-state index contributed by atoms with van der Waals surface area (Å²) in [7, 11) is 0. The first-order valence-corrected chi connectivity index (χ1v) is 7.89. The molecular formula is C15H14ClFN2OS. The molecule has 3 nitrogen and oxygen atoms in total. The molecule has 6 heteroatoms. The lowest BCUT2D eigenvalue weighted by Crippen LogP contribution is -1.97. The first kappa shape index (κ1) is 14.4. The van der Waals surface area contributed by atoms with Gasteiger partial charge in [-0.05, 0) is 12.0 Å². The molecule has 0 aliphatic carbocycles. The van der Waals surface area contributed by atoms with Gasteiger partial charge in [0.1, 0.15) is 17.4 Å². The van der Waals surface area contributed by atoms with Crippen molar-refractivity contribution >= 4 is 33.8 Å². The third-order valence-electron chi connectivity index (χ3n) is 3.27. The number of ether oxygens (including phenoxy) is 1. The number of aromatic amines is 1. The Morgan fingerprint density at radius 3 is 2.90 bits per heavy atom. The molecule has 0 saturated heterocycles. The fourth-order valence-corrected chi connectivity index (χ4v) is 2.84. The summed E-state index contributed by atoms with van der Waals surface area (Å²) in [5, 5.41) is 2.38. The Labute approximate surface area is 130 Å². The van der Waals surface area contributed by atoms with E-state index in [-0.39, 0.29) is 17.5 Å². The number of H-pyrrole nitrogens is 1. The number of hydrogen-bond donors (Lipinski definition) is 1. The number of nitrogens with one attached hydrogen (secondary N) is 1. The van der Waals surface area contributed by atoms with Crippen LogP contribution in [0.2, 0.25) is 5.02 Å². The van der Waals surface area contributed by atoms with Gasteiger partial charge < -0.3 is 9.72 Å². The molecule has 2 aromatic heterocycles. The second kappa shape index (κ2) is 5.66. The number of fused-ring (bicyclic) bond motifs is 1. The summed E-state index contributed by atoms with van der Waals surface area (Å²) < 4.78 is 19.9. The largest absolute Gasteiger partial charge is 0.486 e. The average molecular weight is 325 g/mol. The molecule has 110 valence electrons. The summed E-state index contributed by atoms with van der Waals surface area (Å²) in [5.74, 6) is 0.160. The molecule has 0 spiro atoms. The topological polar surface area (TPSA) is 37.9 Å². The summed E-state index contributed by atoms with van der Waals surface area (Å²) in [6.45, 7) is 4.36. The second-order valence-corrected chi connectivity index (χ2v) is 6.21. The van der Waals surface area contributed by atoms with E-state index in [4.69, 9.17) is 16.3 Å². The minimum absolute atomic E-state index is 0.00651. The Bertz CT molecular complexity index is 768. The molecule has 0 aliphatic rings. The molecule has 3 aromatic rings. The average Bonchev–Trinajstić information content (AvgIpc) is 3.10. The van der Waals surface area contributed by atoms with Gasteiger partial charge in [0.05, 0.1) is 16.7 Å². The fourth-order valence-electron chi connectivity index (χ4n) is 2.09. The van der Waals surface area contributed by atoms with Gasteiger partial charge >= 0.3 is 0 Å². The highest BCUT2D eigenvalue weighted by molar-refractivity contribution is 7.07. The number of hydrogen-bond acceptors (Lipinski definition) is 3. The number of rotatable bonds is 4. The number of halogens is 2. The van der Waals surface area contributed by atoms with Gasteiger partial charge in [-0.25, -0.2) is 9.37 Å². The van der Waals surface area contributed by atoms with Crippen LogP contribution in [0, 0.1) is 5.82 Å². The zero-order valence-electron chi connectivity index (χ0n) is 11.6. The van der Waals surface area contributed by atoms with Crippen molar-refractivity contribution in [2.45, 2.75) is 26.4 Å². The smallest absolute Gasteiger partial charge is 0.154 e. The predicted molar refractivity (Wildman–Crippen MR) is 83.8 cm³/mol. The highest BCUT2D eigenvalue weighted by Gasteiger charge is 2.16. The SMILES string of the molecule is CC(C)c1cc2c(F)c(Cl)c(OCc3cscn3)cc2[nH]1. The van der Waals surface area contributed by atoms with Crippen LogP contribution in [0.3, 0.4) is 0 Å². The van der Waals surface area contributed by atoms with E-state index in [9.17, 15) is 4.39 Å². The van der Waals surface area contributed by atoms with Crippen molar-refractivity contribution in [2.24, 2.45) is 0 Å². The molecule has 0 bridgehead atoms. The Hall–Kier alpha value is -1.59. The lowest BCUT2D eigenvalue weighted by atomic mass is 10.1. The molecule has 0 atom stereocenters. The van der Waals surface area contributed by atoms with Gasteiger partial charge in [-0.1, -0.05) is 25.4 Å². The monoisotopic (exact) mass is 324 g/mol. The van der Waals surface area contributed by atoms with Crippen LogP contribution in [0.25, 0.3) is 10.9 Å². The summed E-state index contributed by atoms with van der Waals surface area (Å²) in [4.78, 5) is 7.33. The molecule has 2 heterocycles. The molecule has 0 aliphatic heterocycles. The first-order valence-electron chi connectivity index (χ1n) is 6.56. The number of aromatic nitrogens is 2. The third kappa shape index (κ3) is 2.76.